The normalized spacial score (nSPS) is 17.7. The lowest BCUT2D eigenvalue weighted by Gasteiger charge is -2.36. The number of carboxylic acids is 1. The summed E-state index contributed by atoms with van der Waals surface area (Å²) >= 11 is 0. The Labute approximate surface area is 205 Å². The van der Waals surface area contributed by atoms with Gasteiger partial charge in [0.25, 0.3) is 5.89 Å². The lowest BCUT2D eigenvalue weighted by Crippen LogP contribution is -2.50. The van der Waals surface area contributed by atoms with Gasteiger partial charge in [0.05, 0.1) is 11.5 Å². The van der Waals surface area contributed by atoms with Crippen LogP contribution >= 0.6 is 0 Å². The smallest absolute Gasteiger partial charge is 0.309 e. The number of aliphatic carboxylic acids is 1. The number of benzene rings is 1. The van der Waals surface area contributed by atoms with Gasteiger partial charge in [0.1, 0.15) is 5.82 Å². The predicted octanol–water partition coefficient (Wildman–Crippen LogP) is 4.07. The molecule has 1 aliphatic carbocycles. The minimum Gasteiger partial charge on any atom is -0.481 e. The van der Waals surface area contributed by atoms with E-state index in [2.05, 4.69) is 54.9 Å². The van der Waals surface area contributed by atoms with Crippen molar-refractivity contribution < 1.29 is 14.4 Å². The van der Waals surface area contributed by atoms with Gasteiger partial charge >= 0.3 is 5.97 Å². The van der Waals surface area contributed by atoms with Gasteiger partial charge in [-0.15, -0.1) is 0 Å². The highest BCUT2D eigenvalue weighted by molar-refractivity contribution is 5.71. The minimum atomic E-state index is -0.698. The van der Waals surface area contributed by atoms with Crippen molar-refractivity contribution in [1.29, 1.82) is 0 Å². The van der Waals surface area contributed by atoms with Crippen LogP contribution in [0.1, 0.15) is 48.1 Å². The number of pyridine rings is 1. The molecule has 8 nitrogen and oxygen atoms in total. The number of fused-ring (bicyclic) bond motifs is 1. The molecule has 3 aromatic rings. The number of nitrogens with two attached hydrogens (primary N) is 1. The van der Waals surface area contributed by atoms with Crippen LogP contribution in [0, 0.1) is 25.2 Å². The second-order valence-corrected chi connectivity index (χ2v) is 10.9. The number of hydrogen-bond acceptors (Lipinski definition) is 7. The average molecular weight is 476 g/mol. The van der Waals surface area contributed by atoms with E-state index in [-0.39, 0.29) is 11.3 Å². The van der Waals surface area contributed by atoms with E-state index in [1.807, 2.05) is 0 Å². The van der Waals surface area contributed by atoms with E-state index in [0.717, 1.165) is 48.9 Å². The number of nitrogen functional groups attached to an aromatic ring is 1. The highest BCUT2D eigenvalue weighted by Crippen LogP contribution is 2.40. The van der Waals surface area contributed by atoms with Gasteiger partial charge in [-0.3, -0.25) is 4.79 Å². The number of carbonyl (C=O) groups is 1. The van der Waals surface area contributed by atoms with Crippen molar-refractivity contribution in [2.75, 3.05) is 25.4 Å². The number of aryl methyl sites for hydroxylation is 2. The van der Waals surface area contributed by atoms with Crippen LogP contribution < -0.4 is 5.73 Å². The maximum atomic E-state index is 11.0. The SMILES string of the molecule is Cc1cc(-c2noc(-c3cnc(N)c4c3CCC(C)(C)C4)n2)cc(C)c1CCN1CC(C(=O)O)C1. The van der Waals surface area contributed by atoms with Gasteiger partial charge in [0.2, 0.25) is 5.82 Å². The summed E-state index contributed by atoms with van der Waals surface area (Å²) in [5, 5.41) is 13.4. The molecule has 0 saturated carbocycles. The molecule has 8 heteroatoms. The largest absolute Gasteiger partial charge is 0.481 e. The summed E-state index contributed by atoms with van der Waals surface area (Å²) in [7, 11) is 0. The van der Waals surface area contributed by atoms with Crippen molar-refractivity contribution in [2.45, 2.75) is 53.4 Å². The third-order valence-electron chi connectivity index (χ3n) is 7.63. The standard InChI is InChI=1S/C27H33N5O3/c1-15-9-17(10-16(2)19(15)6-8-32-13-18(14-32)26(33)34)24-30-25(35-31-24)22-12-29-23(28)21-11-27(3,4)7-5-20(21)22/h9-10,12,18H,5-8,11,13-14H2,1-4H3,(H2,28,29)(H,33,34). The molecule has 5 rings (SSSR count). The Morgan fingerprint density at radius 3 is 2.63 bits per heavy atom. The van der Waals surface area contributed by atoms with E-state index in [1.165, 1.54) is 22.3 Å². The van der Waals surface area contributed by atoms with Crippen molar-refractivity contribution in [3.63, 3.8) is 0 Å². The Morgan fingerprint density at radius 1 is 1.23 bits per heavy atom. The van der Waals surface area contributed by atoms with Crippen LogP contribution in [0.5, 0.6) is 0 Å². The molecule has 3 N–H and O–H groups in total. The molecule has 1 saturated heterocycles. The lowest BCUT2D eigenvalue weighted by molar-refractivity contribution is -0.147. The number of carboxylic acid groups (broad SMARTS) is 1. The zero-order valence-corrected chi connectivity index (χ0v) is 20.9. The molecule has 0 amide bonds. The molecular formula is C27H33N5O3. The van der Waals surface area contributed by atoms with Gasteiger partial charge in [0, 0.05) is 31.4 Å². The van der Waals surface area contributed by atoms with E-state index in [0.29, 0.717) is 30.6 Å². The molecule has 0 spiro atoms. The van der Waals surface area contributed by atoms with Crippen LogP contribution in [0.3, 0.4) is 0 Å². The zero-order valence-electron chi connectivity index (χ0n) is 20.9. The van der Waals surface area contributed by atoms with Crippen LogP contribution in [-0.2, 0) is 24.1 Å². The topological polar surface area (TPSA) is 118 Å². The van der Waals surface area contributed by atoms with Gasteiger partial charge in [0.15, 0.2) is 0 Å². The Morgan fingerprint density at radius 2 is 1.94 bits per heavy atom. The molecule has 0 bridgehead atoms. The summed E-state index contributed by atoms with van der Waals surface area (Å²) < 4.78 is 5.71. The Bertz CT molecular complexity index is 1270. The van der Waals surface area contributed by atoms with Crippen molar-refractivity contribution in [3.05, 3.63) is 46.1 Å². The first-order valence-electron chi connectivity index (χ1n) is 12.3. The fourth-order valence-corrected chi connectivity index (χ4v) is 5.45. The van der Waals surface area contributed by atoms with E-state index < -0.39 is 5.97 Å². The number of hydrogen-bond donors (Lipinski definition) is 2. The highest BCUT2D eigenvalue weighted by Gasteiger charge is 2.32. The molecule has 184 valence electrons. The molecule has 1 aliphatic heterocycles. The molecule has 2 aliphatic rings. The summed E-state index contributed by atoms with van der Waals surface area (Å²) in [5.74, 6) is 0.715. The molecule has 1 fully saturated rings. The van der Waals surface area contributed by atoms with Crippen molar-refractivity contribution in [1.82, 2.24) is 20.0 Å². The van der Waals surface area contributed by atoms with Crippen LogP contribution in [0.2, 0.25) is 0 Å². The molecule has 2 aromatic heterocycles. The Balaban J connectivity index is 1.35. The number of rotatable bonds is 6. The fraction of sp³-hybridized carbons (Fsp3) is 0.481. The van der Waals surface area contributed by atoms with E-state index in [1.54, 1.807) is 6.20 Å². The second-order valence-electron chi connectivity index (χ2n) is 10.9. The fourth-order valence-electron chi connectivity index (χ4n) is 5.45. The predicted molar refractivity (Wildman–Crippen MR) is 134 cm³/mol. The zero-order chi connectivity index (χ0) is 24.9. The Kier molecular flexibility index (Phi) is 5.87. The summed E-state index contributed by atoms with van der Waals surface area (Å²) in [5.41, 5.74) is 14.1. The molecule has 0 unspecified atom stereocenters. The maximum absolute atomic E-state index is 11.0. The lowest BCUT2D eigenvalue weighted by atomic mass is 9.73. The first-order chi connectivity index (χ1) is 16.6. The van der Waals surface area contributed by atoms with Gasteiger partial charge < -0.3 is 20.3 Å². The first-order valence-corrected chi connectivity index (χ1v) is 12.3. The average Bonchev–Trinajstić information content (AvgIpc) is 3.24. The number of likely N-dealkylation sites (tertiary alicyclic amines) is 1. The third-order valence-corrected chi connectivity index (χ3v) is 7.63. The molecule has 35 heavy (non-hydrogen) atoms. The highest BCUT2D eigenvalue weighted by atomic mass is 16.5. The Hall–Kier alpha value is -3.26. The quantitative estimate of drug-likeness (QED) is 0.548. The summed E-state index contributed by atoms with van der Waals surface area (Å²) in [4.78, 5) is 22.4. The number of anilines is 1. The monoisotopic (exact) mass is 475 g/mol. The van der Waals surface area contributed by atoms with Gasteiger partial charge in [-0.2, -0.15) is 4.98 Å². The number of aromatic nitrogens is 3. The van der Waals surface area contributed by atoms with E-state index in [9.17, 15) is 4.79 Å². The molecule has 0 atom stereocenters. The van der Waals surface area contributed by atoms with Crippen LogP contribution in [0.25, 0.3) is 22.8 Å². The molecular weight excluding hydrogens is 442 g/mol. The van der Waals surface area contributed by atoms with Gasteiger partial charge in [-0.05, 0) is 84.9 Å². The molecule has 1 aromatic carbocycles. The van der Waals surface area contributed by atoms with Crippen molar-refractivity contribution in [3.8, 4) is 22.8 Å². The van der Waals surface area contributed by atoms with Crippen LogP contribution in [0.4, 0.5) is 5.82 Å². The molecule has 0 radical (unpaired) electrons. The second kappa shape index (κ2) is 8.75. The van der Waals surface area contributed by atoms with Gasteiger partial charge in [-0.1, -0.05) is 19.0 Å². The van der Waals surface area contributed by atoms with E-state index >= 15 is 0 Å². The summed E-state index contributed by atoms with van der Waals surface area (Å²) in [6.07, 6.45) is 5.53. The summed E-state index contributed by atoms with van der Waals surface area (Å²) in [6.45, 7) is 10.9. The molecule has 3 heterocycles. The maximum Gasteiger partial charge on any atom is 0.309 e. The van der Waals surface area contributed by atoms with Crippen molar-refractivity contribution >= 4 is 11.8 Å². The number of nitrogens with zero attached hydrogens (tertiary/aromatic N) is 4. The summed E-state index contributed by atoms with van der Waals surface area (Å²) in [6, 6.07) is 4.21. The van der Waals surface area contributed by atoms with Crippen LogP contribution in [0.15, 0.2) is 22.9 Å². The minimum absolute atomic E-state index is 0.200. The van der Waals surface area contributed by atoms with Crippen LogP contribution in [-0.4, -0.2) is 50.7 Å². The first kappa shape index (κ1) is 23.5. The third kappa shape index (κ3) is 4.55. The van der Waals surface area contributed by atoms with E-state index in [4.69, 9.17) is 20.3 Å². The van der Waals surface area contributed by atoms with Gasteiger partial charge in [-0.25, -0.2) is 4.98 Å². The van der Waals surface area contributed by atoms with Crippen molar-refractivity contribution in [2.24, 2.45) is 11.3 Å².